The molecule has 0 N–H and O–H groups in total. The fourth-order valence-corrected chi connectivity index (χ4v) is 17.7. The quantitative estimate of drug-likeness (QED) is 0.105. The van der Waals surface area contributed by atoms with Crippen LogP contribution in [0.25, 0.3) is 218 Å². The van der Waals surface area contributed by atoms with Crippen LogP contribution in [0.1, 0.15) is 0 Å². The van der Waals surface area contributed by atoms with Crippen molar-refractivity contribution in [2.75, 3.05) is 0 Å². The van der Waals surface area contributed by atoms with Gasteiger partial charge >= 0.3 is 0 Å². The summed E-state index contributed by atoms with van der Waals surface area (Å²) in [5.41, 5.74) is 19.6. The average molecular weight is 1370 g/mol. The second-order valence-corrected chi connectivity index (χ2v) is 28.9. The van der Waals surface area contributed by atoms with Crippen LogP contribution in [0.5, 0.6) is 0 Å². The molecule has 0 aromatic heterocycles. The Labute approximate surface area is 626 Å². The van der Waals surface area contributed by atoms with Crippen LogP contribution in [0.3, 0.4) is 0 Å². The number of benzene rings is 22. The van der Waals surface area contributed by atoms with Crippen LogP contribution in [0.2, 0.25) is 0 Å². The molecule has 500 valence electrons. The second-order valence-electron chi connectivity index (χ2n) is 28.9. The summed E-state index contributed by atoms with van der Waals surface area (Å²) in [6.45, 7) is 0. The van der Waals surface area contributed by atoms with E-state index < -0.39 is 0 Å². The molecule has 0 atom stereocenters. The van der Waals surface area contributed by atoms with E-state index >= 15 is 0 Å². The van der Waals surface area contributed by atoms with Crippen molar-refractivity contribution < 1.29 is 0 Å². The standard InChI is InChI=1S/2C54H34/c1-3-14-35(15-4-1)38-19-13-20-39(30-38)41-32-42-31-40(27-28-43(42)50(33-41)36-16-5-2-6-17-36)51-34-52-46-23-10-12-25-48(46)53-44-21-8-7-18-37(44)26-29-49(53)54(52)47-24-11-9-22-45(47)51;1-3-14-35(15-4-1)37-20-13-21-38(28-37)42-30-43-29-41(26-27-44(43)49(33-42)36-16-5-2-6-17-36)50-34-53-46-23-10-9-22-45(46)51-31-39-18-7-8-19-40(39)32-52(51)54(53)48-25-12-11-24-47(48)50/h2*1-34H. The van der Waals surface area contributed by atoms with Crippen LogP contribution in [0, 0.1) is 0 Å². The normalized spacial score (nSPS) is 11.7. The Kier molecular flexibility index (Phi) is 15.0. The van der Waals surface area contributed by atoms with Gasteiger partial charge in [-0.1, -0.05) is 340 Å². The molecule has 0 aliphatic carbocycles. The Bertz CT molecular complexity index is 7080. The molecule has 0 spiro atoms. The van der Waals surface area contributed by atoms with Gasteiger partial charge in [-0.2, -0.15) is 0 Å². The highest BCUT2D eigenvalue weighted by atomic mass is 14.2. The molecule has 0 aliphatic heterocycles. The van der Waals surface area contributed by atoms with Crippen LogP contribution in [-0.4, -0.2) is 0 Å². The van der Waals surface area contributed by atoms with E-state index in [0.717, 1.165) is 0 Å². The molecule has 0 radical (unpaired) electrons. The predicted molar refractivity (Wildman–Crippen MR) is 466 cm³/mol. The van der Waals surface area contributed by atoms with Crippen LogP contribution in [0.4, 0.5) is 0 Å². The van der Waals surface area contributed by atoms with Crippen LogP contribution < -0.4 is 0 Å². The second kappa shape index (κ2) is 26.0. The largest absolute Gasteiger partial charge is 0.0622 e. The topological polar surface area (TPSA) is 0 Å². The van der Waals surface area contributed by atoms with E-state index in [1.807, 2.05) is 0 Å². The van der Waals surface area contributed by atoms with E-state index in [4.69, 9.17) is 0 Å². The smallest absolute Gasteiger partial charge is 0.00197 e. The Morgan fingerprint density at radius 3 is 0.861 bits per heavy atom. The third-order valence-corrected chi connectivity index (χ3v) is 22.7. The average Bonchev–Trinajstić information content (AvgIpc) is 0.717. The van der Waals surface area contributed by atoms with Gasteiger partial charge in [-0.25, -0.2) is 0 Å². The number of fused-ring (bicyclic) bond motifs is 21. The van der Waals surface area contributed by atoms with E-state index in [2.05, 4.69) is 413 Å². The summed E-state index contributed by atoms with van der Waals surface area (Å²) < 4.78 is 0. The monoisotopic (exact) mass is 1360 g/mol. The maximum absolute atomic E-state index is 2.46. The Morgan fingerprint density at radius 2 is 0.389 bits per heavy atom. The lowest BCUT2D eigenvalue weighted by Crippen LogP contribution is -1.90. The lowest BCUT2D eigenvalue weighted by Gasteiger charge is -2.18. The fraction of sp³-hybridized carbons (Fsp3) is 0. The van der Waals surface area contributed by atoms with Crippen LogP contribution in [0.15, 0.2) is 413 Å². The van der Waals surface area contributed by atoms with E-state index in [0.29, 0.717) is 0 Å². The van der Waals surface area contributed by atoms with Gasteiger partial charge in [-0.05, 0) is 291 Å². The minimum Gasteiger partial charge on any atom is -0.0622 e. The zero-order valence-corrected chi connectivity index (χ0v) is 59.3. The molecule has 0 saturated heterocycles. The first-order valence-corrected chi connectivity index (χ1v) is 37.5. The Morgan fingerprint density at radius 1 is 0.0926 bits per heavy atom. The maximum atomic E-state index is 2.46. The molecule has 108 heavy (non-hydrogen) atoms. The first-order valence-electron chi connectivity index (χ1n) is 37.5. The molecule has 22 aromatic rings. The number of hydrogen-bond acceptors (Lipinski definition) is 0. The highest BCUT2D eigenvalue weighted by molar-refractivity contribution is 6.38. The highest BCUT2D eigenvalue weighted by Crippen LogP contribution is 2.49. The molecule has 22 aromatic carbocycles. The van der Waals surface area contributed by atoms with E-state index in [9.17, 15) is 0 Å². The van der Waals surface area contributed by atoms with Gasteiger partial charge in [0.2, 0.25) is 0 Å². The predicted octanol–water partition coefficient (Wildman–Crippen LogP) is 30.5. The van der Waals surface area contributed by atoms with Crippen LogP contribution in [-0.2, 0) is 0 Å². The van der Waals surface area contributed by atoms with Gasteiger partial charge in [-0.3, -0.25) is 0 Å². The van der Waals surface area contributed by atoms with Crippen molar-refractivity contribution in [3.05, 3.63) is 413 Å². The molecule has 0 unspecified atom stereocenters. The zero-order chi connectivity index (χ0) is 71.2. The molecule has 0 fully saturated rings. The summed E-state index contributed by atoms with van der Waals surface area (Å²) in [7, 11) is 0. The van der Waals surface area contributed by atoms with Crippen molar-refractivity contribution in [3.63, 3.8) is 0 Å². The van der Waals surface area contributed by atoms with Gasteiger partial charge < -0.3 is 0 Å². The van der Waals surface area contributed by atoms with Gasteiger partial charge in [-0.15, -0.1) is 0 Å². The van der Waals surface area contributed by atoms with E-state index in [1.165, 1.54) is 218 Å². The molecular weight excluding hydrogens is 1300 g/mol. The lowest BCUT2D eigenvalue weighted by molar-refractivity contribution is 1.59. The van der Waals surface area contributed by atoms with Crippen molar-refractivity contribution in [1.29, 1.82) is 0 Å². The molecule has 0 aliphatic rings. The SMILES string of the molecule is c1ccc(-c2cccc(-c3cc(-c4ccccc4)c4ccc(-c5cc6c7ccccc7c7c8ccccc8ccc7c6c6ccccc56)cc4c3)c2)cc1.c1ccc(-c2cccc(-c3cc(-c4ccccc4)c4ccc(-c5cc6c7ccccc7c7cc8ccccc8cc7c6c6ccccc56)cc4c3)c2)cc1. The van der Waals surface area contributed by atoms with Crippen molar-refractivity contribution in [1.82, 2.24) is 0 Å². The number of hydrogen-bond donors (Lipinski definition) is 0. The first kappa shape index (κ1) is 62.5. The minimum atomic E-state index is 1.21. The third kappa shape index (κ3) is 10.7. The van der Waals surface area contributed by atoms with Gasteiger partial charge in [0.25, 0.3) is 0 Å². The maximum Gasteiger partial charge on any atom is -0.00197 e. The van der Waals surface area contributed by atoms with Gasteiger partial charge in [0.15, 0.2) is 0 Å². The van der Waals surface area contributed by atoms with Gasteiger partial charge in [0.1, 0.15) is 0 Å². The fourth-order valence-electron chi connectivity index (χ4n) is 17.7. The van der Waals surface area contributed by atoms with Crippen molar-refractivity contribution in [2.24, 2.45) is 0 Å². The lowest BCUT2D eigenvalue weighted by atomic mass is 9.85. The van der Waals surface area contributed by atoms with Crippen LogP contribution >= 0.6 is 0 Å². The summed E-state index contributed by atoms with van der Waals surface area (Å²) in [4.78, 5) is 0. The number of rotatable bonds is 8. The Hall–Kier alpha value is -14.0. The third-order valence-electron chi connectivity index (χ3n) is 22.7. The molecule has 0 bridgehead atoms. The molecule has 0 heterocycles. The molecule has 0 saturated carbocycles. The molecule has 22 rings (SSSR count). The van der Waals surface area contributed by atoms with Gasteiger partial charge in [0.05, 0.1) is 0 Å². The van der Waals surface area contributed by atoms with Gasteiger partial charge in [0, 0.05) is 0 Å². The molecule has 0 amide bonds. The van der Waals surface area contributed by atoms with Crippen molar-refractivity contribution in [2.45, 2.75) is 0 Å². The van der Waals surface area contributed by atoms with Crippen molar-refractivity contribution >= 4 is 129 Å². The summed E-state index contributed by atoms with van der Waals surface area (Å²) in [5, 5.41) is 30.8. The van der Waals surface area contributed by atoms with E-state index in [1.54, 1.807) is 0 Å². The molecule has 0 heteroatoms. The zero-order valence-electron chi connectivity index (χ0n) is 59.3. The Balaban J connectivity index is 0.000000138. The van der Waals surface area contributed by atoms with E-state index in [-0.39, 0.29) is 0 Å². The molecular formula is C108H68. The summed E-state index contributed by atoms with van der Waals surface area (Å²) in [6, 6.07) is 152. The minimum absolute atomic E-state index is 1.21. The molecule has 0 nitrogen and oxygen atoms in total. The van der Waals surface area contributed by atoms with Crippen molar-refractivity contribution in [3.8, 4) is 89.0 Å². The highest BCUT2D eigenvalue weighted by Gasteiger charge is 2.21. The summed E-state index contributed by atoms with van der Waals surface area (Å²) in [5.74, 6) is 0. The summed E-state index contributed by atoms with van der Waals surface area (Å²) in [6.07, 6.45) is 0. The first-order chi connectivity index (χ1) is 53.5. The summed E-state index contributed by atoms with van der Waals surface area (Å²) >= 11 is 0.